The van der Waals surface area contributed by atoms with Crippen molar-refractivity contribution in [2.24, 2.45) is 7.05 Å². The fourth-order valence-electron chi connectivity index (χ4n) is 3.62. The Morgan fingerprint density at radius 3 is 2.71 bits per heavy atom. The lowest BCUT2D eigenvalue weighted by Gasteiger charge is -2.10. The summed E-state index contributed by atoms with van der Waals surface area (Å²) in [5, 5.41) is 13.6. The number of benzene rings is 1. The van der Waals surface area contributed by atoms with Gasteiger partial charge in [0.15, 0.2) is 0 Å². The Hall–Kier alpha value is -4.01. The van der Waals surface area contributed by atoms with E-state index in [0.29, 0.717) is 12.3 Å². The molecule has 0 aliphatic carbocycles. The van der Waals surface area contributed by atoms with Gasteiger partial charge in [-0.05, 0) is 31.0 Å². The van der Waals surface area contributed by atoms with E-state index >= 15 is 0 Å². The molecule has 0 aliphatic rings. The van der Waals surface area contributed by atoms with E-state index in [1.165, 1.54) is 17.5 Å². The van der Waals surface area contributed by atoms with Crippen molar-refractivity contribution >= 4 is 11.0 Å². The molecule has 1 aromatic carbocycles. The number of hydrogen-bond donors (Lipinski definition) is 0. The van der Waals surface area contributed by atoms with Crippen LogP contribution in [0.15, 0.2) is 49.2 Å². The minimum absolute atomic E-state index is 0.521. The lowest BCUT2D eigenvalue weighted by Crippen LogP contribution is -2.07. The summed E-state index contributed by atoms with van der Waals surface area (Å²) in [6, 6.07) is 8.16. The summed E-state index contributed by atoms with van der Waals surface area (Å²) in [5.74, 6) is 1.51. The van der Waals surface area contributed by atoms with Gasteiger partial charge in [0.1, 0.15) is 35.7 Å². The zero-order valence-corrected chi connectivity index (χ0v) is 17.8. The first-order valence-corrected chi connectivity index (χ1v) is 9.90. The molecule has 0 fully saturated rings. The van der Waals surface area contributed by atoms with Crippen LogP contribution in [0.5, 0.6) is 5.75 Å². The molecule has 0 N–H and O–H groups in total. The third-order valence-corrected chi connectivity index (χ3v) is 5.55. The number of aromatic nitrogens is 8. The van der Waals surface area contributed by atoms with E-state index < -0.39 is 0 Å². The van der Waals surface area contributed by atoms with Gasteiger partial charge in [0.25, 0.3) is 0 Å². The minimum atomic E-state index is 0.521. The molecule has 0 bridgehead atoms. The van der Waals surface area contributed by atoms with Gasteiger partial charge in [0.2, 0.25) is 0 Å². The highest BCUT2D eigenvalue weighted by Gasteiger charge is 2.19. The van der Waals surface area contributed by atoms with Gasteiger partial charge in [-0.1, -0.05) is 12.1 Å². The molecule has 5 rings (SSSR count). The summed E-state index contributed by atoms with van der Waals surface area (Å²) >= 11 is 0. The number of methoxy groups -OCH3 is 1. The topological polar surface area (TPSA) is 88.5 Å². The highest BCUT2D eigenvalue weighted by molar-refractivity contribution is 5.91. The molecule has 31 heavy (non-hydrogen) atoms. The number of pyridine rings is 1. The third kappa shape index (κ3) is 3.24. The Morgan fingerprint density at radius 1 is 1.06 bits per heavy atom. The molecule has 0 radical (unpaired) electrons. The highest BCUT2D eigenvalue weighted by Crippen LogP contribution is 2.31. The normalized spacial score (nSPS) is 11.4. The van der Waals surface area contributed by atoms with Crippen LogP contribution < -0.4 is 4.74 Å². The van der Waals surface area contributed by atoms with Gasteiger partial charge in [-0.25, -0.2) is 14.6 Å². The second-order valence-corrected chi connectivity index (χ2v) is 7.45. The van der Waals surface area contributed by atoms with Gasteiger partial charge in [0, 0.05) is 24.9 Å². The number of ether oxygens (including phenoxy) is 1. The summed E-state index contributed by atoms with van der Waals surface area (Å²) in [6.45, 7) is 4.72. The number of aryl methyl sites for hydroxylation is 2. The van der Waals surface area contributed by atoms with Crippen LogP contribution in [0.1, 0.15) is 17.0 Å². The second-order valence-electron chi connectivity index (χ2n) is 7.45. The number of nitrogens with zero attached hydrogens (tertiary/aromatic N) is 8. The molecule has 0 saturated carbocycles. The summed E-state index contributed by atoms with van der Waals surface area (Å²) in [7, 11) is 3.50. The van der Waals surface area contributed by atoms with Crippen molar-refractivity contribution < 1.29 is 4.74 Å². The molecule has 4 heterocycles. The van der Waals surface area contributed by atoms with Crippen LogP contribution in [-0.4, -0.2) is 46.4 Å². The van der Waals surface area contributed by atoms with Crippen molar-refractivity contribution in [1.29, 1.82) is 0 Å². The van der Waals surface area contributed by atoms with Crippen LogP contribution in [0.3, 0.4) is 0 Å². The standard InChI is InChI=1S/C22H22N8O/c1-14-6-5-7-18(15(14)2)30-19-8-17(31-4)10-23-22(19)21(27-30)16-9-25-29(11-16)12-20-24-13-26-28(20)3/h5-11,13H,12H2,1-4H3. The maximum atomic E-state index is 5.42. The zero-order chi connectivity index (χ0) is 21.5. The molecular weight excluding hydrogens is 392 g/mol. The molecular formula is C22H22N8O. The van der Waals surface area contributed by atoms with Crippen molar-refractivity contribution in [3.8, 4) is 22.7 Å². The first-order valence-electron chi connectivity index (χ1n) is 9.90. The van der Waals surface area contributed by atoms with Crippen LogP contribution >= 0.6 is 0 Å². The van der Waals surface area contributed by atoms with Crippen LogP contribution in [0.2, 0.25) is 0 Å². The smallest absolute Gasteiger partial charge is 0.148 e. The van der Waals surface area contributed by atoms with Gasteiger partial charge in [-0.3, -0.25) is 9.36 Å². The number of hydrogen-bond acceptors (Lipinski definition) is 6. The summed E-state index contributed by atoms with van der Waals surface area (Å²) < 4.78 is 10.9. The quantitative estimate of drug-likeness (QED) is 0.439. The Labute approximate surface area is 178 Å². The van der Waals surface area contributed by atoms with Crippen molar-refractivity contribution in [1.82, 2.24) is 39.3 Å². The maximum absolute atomic E-state index is 5.42. The van der Waals surface area contributed by atoms with E-state index in [4.69, 9.17) is 9.84 Å². The Bertz CT molecular complexity index is 1390. The van der Waals surface area contributed by atoms with E-state index in [9.17, 15) is 0 Å². The highest BCUT2D eigenvalue weighted by atomic mass is 16.5. The fourth-order valence-corrected chi connectivity index (χ4v) is 3.62. The van der Waals surface area contributed by atoms with Crippen molar-refractivity contribution in [2.45, 2.75) is 20.4 Å². The van der Waals surface area contributed by atoms with Crippen LogP contribution in [0, 0.1) is 13.8 Å². The molecule has 0 amide bonds. The van der Waals surface area contributed by atoms with Gasteiger partial charge >= 0.3 is 0 Å². The van der Waals surface area contributed by atoms with E-state index in [0.717, 1.165) is 33.8 Å². The fraction of sp³-hybridized carbons (Fsp3) is 0.227. The predicted octanol–water partition coefficient (Wildman–Crippen LogP) is 3.09. The molecule has 5 aromatic rings. The summed E-state index contributed by atoms with van der Waals surface area (Å²) in [5.41, 5.74) is 6.70. The largest absolute Gasteiger partial charge is 0.495 e. The monoisotopic (exact) mass is 414 g/mol. The minimum Gasteiger partial charge on any atom is -0.495 e. The number of rotatable bonds is 5. The Balaban J connectivity index is 1.65. The van der Waals surface area contributed by atoms with Gasteiger partial charge in [0.05, 0.1) is 30.7 Å². The lowest BCUT2D eigenvalue weighted by molar-refractivity contribution is 0.413. The average molecular weight is 414 g/mol. The van der Waals surface area contributed by atoms with E-state index in [-0.39, 0.29) is 0 Å². The van der Waals surface area contributed by atoms with Gasteiger partial charge < -0.3 is 4.74 Å². The van der Waals surface area contributed by atoms with Crippen LogP contribution in [0.4, 0.5) is 0 Å². The lowest BCUT2D eigenvalue weighted by atomic mass is 10.1. The Morgan fingerprint density at radius 2 is 1.94 bits per heavy atom. The molecule has 9 nitrogen and oxygen atoms in total. The van der Waals surface area contributed by atoms with Crippen molar-refractivity contribution in [3.05, 3.63) is 66.1 Å². The molecule has 0 spiro atoms. The first kappa shape index (κ1) is 19.0. The van der Waals surface area contributed by atoms with E-state index in [2.05, 4.69) is 46.1 Å². The SMILES string of the molecule is COc1cnc2c(-c3cnn(Cc4ncnn4C)c3)nn(-c3cccc(C)c3C)c2c1. The van der Waals surface area contributed by atoms with E-state index in [1.807, 2.05) is 34.7 Å². The maximum Gasteiger partial charge on any atom is 0.148 e. The molecule has 0 atom stereocenters. The van der Waals surface area contributed by atoms with Crippen LogP contribution in [0.25, 0.3) is 28.0 Å². The Kier molecular flexibility index (Phi) is 4.50. The van der Waals surface area contributed by atoms with Crippen molar-refractivity contribution in [2.75, 3.05) is 7.11 Å². The molecule has 9 heteroatoms. The molecule has 156 valence electrons. The number of fused-ring (bicyclic) bond motifs is 1. The second kappa shape index (κ2) is 7.35. The summed E-state index contributed by atoms with van der Waals surface area (Å²) in [4.78, 5) is 8.92. The molecule has 0 aliphatic heterocycles. The summed E-state index contributed by atoms with van der Waals surface area (Å²) in [6.07, 6.45) is 7.01. The van der Waals surface area contributed by atoms with Gasteiger partial charge in [-0.2, -0.15) is 15.3 Å². The third-order valence-electron chi connectivity index (χ3n) is 5.55. The van der Waals surface area contributed by atoms with Crippen molar-refractivity contribution in [3.63, 3.8) is 0 Å². The van der Waals surface area contributed by atoms with E-state index in [1.54, 1.807) is 24.2 Å². The predicted molar refractivity (Wildman–Crippen MR) is 116 cm³/mol. The molecule has 0 unspecified atom stereocenters. The zero-order valence-electron chi connectivity index (χ0n) is 17.8. The molecule has 4 aromatic heterocycles. The first-order chi connectivity index (χ1) is 15.0. The van der Waals surface area contributed by atoms with Gasteiger partial charge in [-0.15, -0.1) is 0 Å². The molecule has 0 saturated heterocycles. The van der Waals surface area contributed by atoms with Crippen LogP contribution in [-0.2, 0) is 13.6 Å². The average Bonchev–Trinajstić information content (AvgIpc) is 3.49.